The van der Waals surface area contributed by atoms with Gasteiger partial charge in [0.1, 0.15) is 11.4 Å². The second-order valence-corrected chi connectivity index (χ2v) is 9.76. The summed E-state index contributed by atoms with van der Waals surface area (Å²) in [5.41, 5.74) is -0.965. The fraction of sp³-hybridized carbons (Fsp3) is 0.385. The standard InChI is InChI=1S/C26H24F5N5O3.ClH/c1-12-22(34-35-36(12)3)23-20-17(7-8-32-23)33-18(9-19(20)37)15-11-39-25(2,26(29,30)31)10-14(15)13-5-6-16(27)21(28)24(13)38-4;/h5-9,14-15H,10-11H2,1-4H3,(H,33,37);1H/t14-,15+,25+;/m0./s1. The lowest BCUT2D eigenvalue weighted by Gasteiger charge is -2.44. The van der Waals surface area contributed by atoms with E-state index in [-0.39, 0.29) is 29.1 Å². The van der Waals surface area contributed by atoms with Gasteiger partial charge in [-0.15, -0.1) is 17.5 Å². The first kappa shape index (κ1) is 29.4. The Morgan fingerprint density at radius 3 is 2.52 bits per heavy atom. The Balaban J connectivity index is 0.00000370. The van der Waals surface area contributed by atoms with E-state index in [0.29, 0.717) is 22.6 Å². The Bertz CT molecular complexity index is 1640. The third kappa shape index (κ3) is 4.70. The van der Waals surface area contributed by atoms with Crippen molar-refractivity contribution < 1.29 is 31.4 Å². The molecule has 1 aliphatic rings. The number of fused-ring (bicyclic) bond motifs is 1. The molecular weight excluding hydrogens is 561 g/mol. The van der Waals surface area contributed by atoms with Crippen LogP contribution in [0.3, 0.4) is 0 Å². The Hall–Kier alpha value is -3.58. The number of benzene rings is 1. The van der Waals surface area contributed by atoms with Crippen molar-refractivity contribution in [2.75, 3.05) is 13.7 Å². The van der Waals surface area contributed by atoms with Crippen LogP contribution in [0.25, 0.3) is 22.3 Å². The zero-order valence-corrected chi connectivity index (χ0v) is 22.6. The summed E-state index contributed by atoms with van der Waals surface area (Å²) in [6.07, 6.45) is -3.89. The normalized spacial score (nSPS) is 21.3. The summed E-state index contributed by atoms with van der Waals surface area (Å²) in [5.74, 6) is -4.91. The van der Waals surface area contributed by atoms with E-state index in [1.165, 1.54) is 23.0 Å². The molecule has 3 aromatic heterocycles. The number of aromatic amines is 1. The molecular formula is C26H25ClF5N5O3. The number of rotatable bonds is 4. The third-order valence-corrected chi connectivity index (χ3v) is 7.45. The number of hydrogen-bond donors (Lipinski definition) is 1. The molecule has 1 aliphatic heterocycles. The first-order valence-corrected chi connectivity index (χ1v) is 12.0. The third-order valence-electron chi connectivity index (χ3n) is 7.45. The first-order valence-electron chi connectivity index (χ1n) is 12.0. The lowest BCUT2D eigenvalue weighted by Crippen LogP contribution is -2.51. The van der Waals surface area contributed by atoms with Gasteiger partial charge in [-0.25, -0.2) is 4.39 Å². The van der Waals surface area contributed by atoms with Crippen LogP contribution in [0, 0.1) is 18.6 Å². The monoisotopic (exact) mass is 585 g/mol. The highest BCUT2D eigenvalue weighted by atomic mass is 35.5. The van der Waals surface area contributed by atoms with E-state index in [4.69, 9.17) is 9.47 Å². The molecule has 0 aliphatic carbocycles. The molecule has 1 N–H and O–H groups in total. The van der Waals surface area contributed by atoms with E-state index in [0.717, 1.165) is 20.1 Å². The lowest BCUT2D eigenvalue weighted by atomic mass is 9.74. The number of aromatic nitrogens is 5. The molecule has 3 atom stereocenters. The smallest absolute Gasteiger partial charge is 0.417 e. The molecule has 4 aromatic rings. The Kier molecular flexibility index (Phi) is 7.67. The van der Waals surface area contributed by atoms with Crippen LogP contribution in [-0.2, 0) is 11.8 Å². The quantitative estimate of drug-likeness (QED) is 0.325. The van der Waals surface area contributed by atoms with Gasteiger partial charge in [-0.3, -0.25) is 14.5 Å². The number of halogens is 6. The molecule has 0 unspecified atom stereocenters. The number of ether oxygens (including phenoxy) is 2. The molecule has 4 heterocycles. The number of nitrogens with one attached hydrogen (secondary N) is 1. The highest BCUT2D eigenvalue weighted by molar-refractivity contribution is 5.91. The summed E-state index contributed by atoms with van der Waals surface area (Å²) in [7, 11) is 2.81. The second kappa shape index (κ2) is 10.4. The van der Waals surface area contributed by atoms with E-state index in [1.54, 1.807) is 20.0 Å². The summed E-state index contributed by atoms with van der Waals surface area (Å²) < 4.78 is 82.7. The predicted molar refractivity (Wildman–Crippen MR) is 138 cm³/mol. The van der Waals surface area contributed by atoms with Gasteiger partial charge in [-0.05, 0) is 32.4 Å². The second-order valence-electron chi connectivity index (χ2n) is 9.76. The summed E-state index contributed by atoms with van der Waals surface area (Å²) in [6.45, 7) is 2.23. The van der Waals surface area contributed by atoms with Crippen LogP contribution in [0.1, 0.15) is 42.1 Å². The van der Waals surface area contributed by atoms with E-state index in [1.807, 2.05) is 0 Å². The van der Waals surface area contributed by atoms with Gasteiger partial charge in [0.05, 0.1) is 30.3 Å². The van der Waals surface area contributed by atoms with Crippen molar-refractivity contribution in [3.8, 4) is 17.1 Å². The predicted octanol–water partition coefficient (Wildman–Crippen LogP) is 5.34. The molecule has 0 radical (unpaired) electrons. The van der Waals surface area contributed by atoms with E-state index in [2.05, 4.69) is 20.3 Å². The molecule has 0 spiro atoms. The first-order chi connectivity index (χ1) is 18.4. The zero-order chi connectivity index (χ0) is 28.3. The summed E-state index contributed by atoms with van der Waals surface area (Å²) in [4.78, 5) is 20.9. The number of aryl methyl sites for hydroxylation is 1. The minimum absolute atomic E-state index is 0. The fourth-order valence-electron chi connectivity index (χ4n) is 5.11. The minimum Gasteiger partial charge on any atom is -0.493 e. The molecule has 40 heavy (non-hydrogen) atoms. The van der Waals surface area contributed by atoms with Gasteiger partial charge in [-0.1, -0.05) is 11.3 Å². The maximum absolute atomic E-state index is 14.7. The summed E-state index contributed by atoms with van der Waals surface area (Å²) in [6, 6.07) is 4.87. The average molecular weight is 586 g/mol. The largest absolute Gasteiger partial charge is 0.493 e. The maximum Gasteiger partial charge on any atom is 0.417 e. The Labute approximate surface area is 230 Å². The number of nitrogens with zero attached hydrogens (tertiary/aromatic N) is 4. The van der Waals surface area contributed by atoms with Gasteiger partial charge in [-0.2, -0.15) is 17.6 Å². The molecule has 1 fully saturated rings. The molecule has 1 saturated heterocycles. The van der Waals surface area contributed by atoms with Crippen molar-refractivity contribution >= 4 is 23.3 Å². The molecule has 0 bridgehead atoms. The topological polar surface area (TPSA) is 94.9 Å². The maximum atomic E-state index is 14.7. The SMILES string of the molecule is COc1c([C@@H]2C[C@](C)(C(F)(F)F)OC[C@H]2c2cc(=O)c3c(-c4nnn(C)c4C)nccc3[nH]2)ccc(F)c1F.Cl. The number of H-pyrrole nitrogens is 1. The molecule has 0 saturated carbocycles. The van der Waals surface area contributed by atoms with Crippen LogP contribution in [-0.4, -0.2) is 50.5 Å². The van der Waals surface area contributed by atoms with E-state index < -0.39 is 59.5 Å². The van der Waals surface area contributed by atoms with Gasteiger partial charge in [0.15, 0.2) is 22.6 Å². The van der Waals surface area contributed by atoms with Crippen LogP contribution in [0.15, 0.2) is 35.3 Å². The minimum atomic E-state index is -4.74. The highest BCUT2D eigenvalue weighted by Crippen LogP contribution is 2.51. The van der Waals surface area contributed by atoms with Gasteiger partial charge < -0.3 is 14.5 Å². The van der Waals surface area contributed by atoms with Crippen molar-refractivity contribution in [1.82, 2.24) is 25.0 Å². The van der Waals surface area contributed by atoms with Crippen molar-refractivity contribution in [2.45, 2.75) is 43.9 Å². The molecule has 0 amide bonds. The van der Waals surface area contributed by atoms with Crippen LogP contribution in [0.2, 0.25) is 0 Å². The van der Waals surface area contributed by atoms with Crippen LogP contribution in [0.5, 0.6) is 5.75 Å². The molecule has 1 aromatic carbocycles. The number of methoxy groups -OCH3 is 1. The number of pyridine rings is 2. The van der Waals surface area contributed by atoms with Gasteiger partial charge >= 0.3 is 6.18 Å². The molecule has 214 valence electrons. The van der Waals surface area contributed by atoms with Crippen LogP contribution < -0.4 is 10.2 Å². The van der Waals surface area contributed by atoms with Gasteiger partial charge in [0.2, 0.25) is 5.82 Å². The molecule has 8 nitrogen and oxygen atoms in total. The summed E-state index contributed by atoms with van der Waals surface area (Å²) in [5, 5.41) is 8.29. The van der Waals surface area contributed by atoms with E-state index in [9.17, 15) is 26.7 Å². The summed E-state index contributed by atoms with van der Waals surface area (Å²) >= 11 is 0. The average Bonchev–Trinajstić information content (AvgIpc) is 3.22. The van der Waals surface area contributed by atoms with Gasteiger partial charge in [0, 0.05) is 42.4 Å². The Morgan fingerprint density at radius 1 is 1.18 bits per heavy atom. The number of hydrogen-bond acceptors (Lipinski definition) is 6. The number of alkyl halides is 3. The Morgan fingerprint density at radius 2 is 1.90 bits per heavy atom. The molecule has 5 rings (SSSR count). The van der Waals surface area contributed by atoms with Crippen molar-refractivity contribution in [3.63, 3.8) is 0 Å². The highest BCUT2D eigenvalue weighted by Gasteiger charge is 2.57. The molecule has 14 heteroatoms. The van der Waals surface area contributed by atoms with Gasteiger partial charge in [0.25, 0.3) is 0 Å². The van der Waals surface area contributed by atoms with Crippen LogP contribution in [0.4, 0.5) is 22.0 Å². The zero-order valence-electron chi connectivity index (χ0n) is 21.8. The van der Waals surface area contributed by atoms with Crippen LogP contribution >= 0.6 is 12.4 Å². The van der Waals surface area contributed by atoms with Crippen molar-refractivity contribution in [1.29, 1.82) is 0 Å². The van der Waals surface area contributed by atoms with Crippen molar-refractivity contribution in [3.05, 3.63) is 69.3 Å². The van der Waals surface area contributed by atoms with Crippen molar-refractivity contribution in [2.24, 2.45) is 7.05 Å². The fourth-order valence-corrected chi connectivity index (χ4v) is 5.11. The van der Waals surface area contributed by atoms with E-state index >= 15 is 0 Å². The lowest BCUT2D eigenvalue weighted by molar-refractivity contribution is -0.286.